The molecule has 1 saturated carbocycles. The summed E-state index contributed by atoms with van der Waals surface area (Å²) in [5.41, 5.74) is -3.91. The quantitative estimate of drug-likeness (QED) is 0.261. The van der Waals surface area contributed by atoms with Gasteiger partial charge in [0.1, 0.15) is 5.41 Å². The molecule has 0 aliphatic heterocycles. The van der Waals surface area contributed by atoms with E-state index in [1.54, 1.807) is 36.5 Å². The van der Waals surface area contributed by atoms with Crippen LogP contribution in [0.25, 0.3) is 0 Å². The van der Waals surface area contributed by atoms with E-state index in [9.17, 15) is 14.4 Å². The second kappa shape index (κ2) is 12.8. The van der Waals surface area contributed by atoms with E-state index in [0.29, 0.717) is 25.7 Å². The van der Waals surface area contributed by atoms with Gasteiger partial charge in [0, 0.05) is 19.6 Å². The number of carbonyl (C=O) groups excluding carboxylic acids is 3. The number of amides is 3. The molecule has 1 unspecified atom stereocenters. The Bertz CT molecular complexity index is 764. The summed E-state index contributed by atoms with van der Waals surface area (Å²) in [6, 6.07) is 0. The highest BCUT2D eigenvalue weighted by Gasteiger charge is 2.72. The van der Waals surface area contributed by atoms with Gasteiger partial charge in [-0.1, -0.05) is 42.9 Å². The summed E-state index contributed by atoms with van der Waals surface area (Å²) in [7, 11) is 0. The van der Waals surface area contributed by atoms with Crippen molar-refractivity contribution in [1.82, 2.24) is 16.0 Å². The number of hydrogen-bond donors (Lipinski definition) is 3. The van der Waals surface area contributed by atoms with Gasteiger partial charge in [0.25, 0.3) is 0 Å². The second-order valence-corrected chi connectivity index (χ2v) is 8.42. The minimum absolute atomic E-state index is 0.126. The van der Waals surface area contributed by atoms with Gasteiger partial charge in [-0.05, 0) is 37.5 Å². The van der Waals surface area contributed by atoms with E-state index in [2.05, 4.69) is 55.4 Å². The van der Waals surface area contributed by atoms with Crippen LogP contribution in [0.2, 0.25) is 0 Å². The predicted molar refractivity (Wildman–Crippen MR) is 135 cm³/mol. The highest BCUT2D eigenvalue weighted by molar-refractivity contribution is 6.11. The molecule has 1 rings (SSSR count). The summed E-state index contributed by atoms with van der Waals surface area (Å²) >= 11 is 0. The monoisotopic (exact) mass is 453 g/mol. The normalized spacial score (nSPS) is 20.4. The molecular weight excluding hydrogens is 414 g/mol. The van der Waals surface area contributed by atoms with E-state index < -0.39 is 28.1 Å². The third-order valence-corrected chi connectivity index (χ3v) is 6.75. The van der Waals surface area contributed by atoms with Gasteiger partial charge in [-0.15, -0.1) is 39.5 Å². The first-order valence-corrected chi connectivity index (χ1v) is 11.3. The molecule has 1 aliphatic rings. The van der Waals surface area contributed by atoms with Crippen LogP contribution in [0.5, 0.6) is 0 Å². The van der Waals surface area contributed by atoms with Crippen molar-refractivity contribution in [1.29, 1.82) is 0 Å². The zero-order chi connectivity index (χ0) is 25.0. The summed E-state index contributed by atoms with van der Waals surface area (Å²) in [4.78, 5) is 42.0. The first-order chi connectivity index (χ1) is 15.8. The van der Waals surface area contributed by atoms with Crippen LogP contribution < -0.4 is 16.0 Å². The lowest BCUT2D eigenvalue weighted by Crippen LogP contribution is -2.71. The van der Waals surface area contributed by atoms with Crippen molar-refractivity contribution in [2.45, 2.75) is 38.5 Å². The highest BCUT2D eigenvalue weighted by Crippen LogP contribution is 2.65. The molecule has 0 saturated heterocycles. The lowest BCUT2D eigenvalue weighted by atomic mass is 9.41. The molecule has 0 aromatic rings. The lowest BCUT2D eigenvalue weighted by molar-refractivity contribution is -0.185. The molecular formula is C27H39N3O3. The zero-order valence-electron chi connectivity index (χ0n) is 19.8. The van der Waals surface area contributed by atoms with Gasteiger partial charge in [-0.2, -0.15) is 0 Å². The molecule has 0 aromatic heterocycles. The number of rotatable bonds is 15. The third-order valence-electron chi connectivity index (χ3n) is 6.75. The van der Waals surface area contributed by atoms with Crippen molar-refractivity contribution < 1.29 is 14.4 Å². The summed E-state index contributed by atoms with van der Waals surface area (Å²) in [6.45, 7) is 23.3. The van der Waals surface area contributed by atoms with Crippen LogP contribution in [-0.2, 0) is 14.4 Å². The molecule has 1 atom stereocenters. The molecule has 3 N–H and O–H groups in total. The molecule has 0 heterocycles. The van der Waals surface area contributed by atoms with Crippen molar-refractivity contribution in [3.63, 3.8) is 0 Å². The predicted octanol–water partition coefficient (Wildman–Crippen LogP) is 3.76. The van der Waals surface area contributed by atoms with E-state index in [4.69, 9.17) is 0 Å². The van der Waals surface area contributed by atoms with Gasteiger partial charge in [-0.25, -0.2) is 0 Å². The second-order valence-electron chi connectivity index (χ2n) is 8.42. The van der Waals surface area contributed by atoms with Crippen LogP contribution in [0.3, 0.4) is 0 Å². The van der Waals surface area contributed by atoms with Crippen LogP contribution in [0.4, 0.5) is 0 Å². The topological polar surface area (TPSA) is 87.3 Å². The zero-order valence-corrected chi connectivity index (χ0v) is 19.8. The van der Waals surface area contributed by atoms with E-state index in [0.717, 1.165) is 0 Å². The maximum absolute atomic E-state index is 14.1. The fraction of sp³-hybridized carbons (Fsp3) is 0.444. The molecule has 3 amide bonds. The molecule has 1 fully saturated rings. The largest absolute Gasteiger partial charge is 0.352 e. The number of allylic oxidation sites excluding steroid dienone is 3. The molecule has 180 valence electrons. The minimum atomic E-state index is -1.69. The average molecular weight is 454 g/mol. The first-order valence-electron chi connectivity index (χ1n) is 11.3. The summed E-state index contributed by atoms with van der Waals surface area (Å²) < 4.78 is 0. The molecule has 0 radical (unpaired) electrons. The fourth-order valence-corrected chi connectivity index (χ4v) is 5.56. The van der Waals surface area contributed by atoms with E-state index in [1.807, 2.05) is 0 Å². The molecule has 1 aliphatic carbocycles. The minimum Gasteiger partial charge on any atom is -0.352 e. The van der Waals surface area contributed by atoms with Gasteiger partial charge in [0.05, 0.1) is 5.41 Å². The van der Waals surface area contributed by atoms with Gasteiger partial charge < -0.3 is 16.0 Å². The lowest BCUT2D eigenvalue weighted by Gasteiger charge is -2.60. The van der Waals surface area contributed by atoms with Gasteiger partial charge in [0.2, 0.25) is 17.7 Å². The number of nitrogens with one attached hydrogen (secondary N) is 3. The Balaban J connectivity index is 4.09. The highest BCUT2D eigenvalue weighted by atomic mass is 16.2. The van der Waals surface area contributed by atoms with Crippen molar-refractivity contribution in [2.75, 3.05) is 19.6 Å². The maximum Gasteiger partial charge on any atom is 0.237 e. The van der Waals surface area contributed by atoms with Gasteiger partial charge >= 0.3 is 0 Å². The van der Waals surface area contributed by atoms with Gasteiger partial charge in [0.15, 0.2) is 0 Å². The van der Waals surface area contributed by atoms with Crippen molar-refractivity contribution in [3.8, 4) is 0 Å². The van der Waals surface area contributed by atoms with Crippen LogP contribution in [0.15, 0.2) is 75.9 Å². The van der Waals surface area contributed by atoms with E-state index in [-0.39, 0.29) is 38.4 Å². The molecule has 0 aromatic carbocycles. The fourth-order valence-electron chi connectivity index (χ4n) is 5.56. The number of carbonyl (C=O) groups is 3. The Labute approximate surface area is 198 Å². The van der Waals surface area contributed by atoms with Crippen molar-refractivity contribution in [3.05, 3.63) is 75.9 Å². The molecule has 33 heavy (non-hydrogen) atoms. The molecule has 0 bridgehead atoms. The Kier molecular flexibility index (Phi) is 10.8. The Morgan fingerprint density at radius 1 is 0.606 bits per heavy atom. The van der Waals surface area contributed by atoms with Crippen LogP contribution >= 0.6 is 0 Å². The third kappa shape index (κ3) is 4.95. The van der Waals surface area contributed by atoms with Crippen LogP contribution in [-0.4, -0.2) is 37.4 Å². The summed E-state index contributed by atoms with van der Waals surface area (Å²) in [6.07, 6.45) is 12.2. The smallest absolute Gasteiger partial charge is 0.237 e. The summed E-state index contributed by atoms with van der Waals surface area (Å²) in [5.74, 6) is -1.39. The Morgan fingerprint density at radius 2 is 1.03 bits per heavy atom. The maximum atomic E-state index is 14.1. The number of hydrogen-bond acceptors (Lipinski definition) is 3. The van der Waals surface area contributed by atoms with Crippen LogP contribution in [0.1, 0.15) is 38.5 Å². The average Bonchev–Trinajstić information content (AvgIpc) is 2.80. The SMILES string of the molecule is C=CCNC(=O)C1(C(=O)NCC=C)CCCC(CC=C)(CC=C)C1(CC=C)C(=O)NCC=C. The standard InChI is InChI=1S/C27H39N3O3/c1-7-14-25(15-8-2)17-13-18-26(22(31)28-19-10-4,23(32)29-20-11-5)27(25,16-9-3)24(33)30-21-12-6/h7-12H,1-6,13-21H2,(H,28,31)(H,29,32)(H,30,33). The molecule has 0 spiro atoms. The van der Waals surface area contributed by atoms with Crippen LogP contribution in [0, 0.1) is 16.2 Å². The van der Waals surface area contributed by atoms with E-state index >= 15 is 0 Å². The first kappa shape index (κ1) is 27.9. The van der Waals surface area contributed by atoms with Crippen molar-refractivity contribution >= 4 is 17.7 Å². The van der Waals surface area contributed by atoms with Crippen molar-refractivity contribution in [2.24, 2.45) is 16.2 Å². The van der Waals surface area contributed by atoms with E-state index in [1.165, 1.54) is 0 Å². The molecule has 6 heteroatoms. The van der Waals surface area contributed by atoms with Gasteiger partial charge in [-0.3, -0.25) is 14.4 Å². The molecule has 6 nitrogen and oxygen atoms in total. The summed E-state index contributed by atoms with van der Waals surface area (Å²) in [5, 5.41) is 8.54. The Morgan fingerprint density at radius 3 is 1.42 bits per heavy atom. The Hall–Kier alpha value is -3.15.